The molecular weight excluding hydrogens is 1210 g/mol. The third-order valence-electron chi connectivity index (χ3n) is 20.1. The van der Waals surface area contributed by atoms with E-state index in [4.69, 9.17) is 9.47 Å². The number of nitrogens with zero attached hydrogens (tertiary/aromatic N) is 4. The number of rotatable bonds is 8. The highest BCUT2D eigenvalue weighted by molar-refractivity contribution is 7.34. The second kappa shape index (κ2) is 21.9. The van der Waals surface area contributed by atoms with Crippen molar-refractivity contribution in [1.29, 1.82) is 0 Å². The second-order valence-electron chi connectivity index (χ2n) is 30.6. The van der Waals surface area contributed by atoms with Crippen LogP contribution in [0.15, 0.2) is 243 Å². The molecule has 4 aliphatic rings. The lowest BCUT2D eigenvalue weighted by Gasteiger charge is -2.42. The molecule has 10 heteroatoms. The summed E-state index contributed by atoms with van der Waals surface area (Å²) in [5.41, 5.74) is 22.5. The standard InChI is InChI=1S/C86H76B2N4O2S2/c1-83(2,3)53-37-41-59(42-38-53)89(61-31-23-25-55(45-61)85(7,8)9)63-47-69-77-73(49-63)93-71-52-72-68(51-67(71)87(77)81-79(65-33-19-21-35-75(65)95-81)91(69)57-27-15-13-16-28-57)88-78-70(92(58-29-17-14-18-30-58)80-66-34-20-22-36-76(66)96-82(80)88)48-64(50-74(78)94-72)90(60-43-39-54(40-44-60)84(4,5)6)62-32-24-26-56(46-62)86(10,11)12/h13-52H,1-12H3. The van der Waals surface area contributed by atoms with Crippen molar-refractivity contribution in [2.45, 2.75) is 105 Å². The summed E-state index contributed by atoms with van der Waals surface area (Å²) in [4.78, 5) is 9.93. The minimum absolute atomic E-state index is 0.0217. The molecule has 0 fully saturated rings. The zero-order valence-electron chi connectivity index (χ0n) is 56.7. The van der Waals surface area contributed by atoms with Crippen LogP contribution in [0.5, 0.6) is 23.0 Å². The van der Waals surface area contributed by atoms with E-state index in [1.165, 1.54) is 63.4 Å². The van der Waals surface area contributed by atoms with Crippen molar-refractivity contribution >= 4 is 156 Å². The third kappa shape index (κ3) is 9.79. The smallest absolute Gasteiger partial charge is 0.268 e. The van der Waals surface area contributed by atoms with Crippen molar-refractivity contribution in [2.24, 2.45) is 0 Å². The van der Waals surface area contributed by atoms with Gasteiger partial charge in [-0.15, -0.1) is 22.7 Å². The van der Waals surface area contributed by atoms with E-state index in [1.807, 2.05) is 22.7 Å². The Hall–Kier alpha value is -9.73. The highest BCUT2D eigenvalue weighted by Gasteiger charge is 2.49. The minimum Gasteiger partial charge on any atom is -0.458 e. The highest BCUT2D eigenvalue weighted by Crippen LogP contribution is 2.53. The van der Waals surface area contributed by atoms with Crippen LogP contribution in [-0.4, -0.2) is 13.4 Å². The molecule has 0 atom stereocenters. The minimum atomic E-state index is -0.189. The van der Waals surface area contributed by atoms with Gasteiger partial charge in [-0.2, -0.15) is 0 Å². The largest absolute Gasteiger partial charge is 0.458 e. The van der Waals surface area contributed by atoms with Gasteiger partial charge in [-0.1, -0.05) is 210 Å². The Morgan fingerprint density at radius 3 is 1.07 bits per heavy atom. The molecule has 17 rings (SSSR count). The van der Waals surface area contributed by atoms with Gasteiger partial charge >= 0.3 is 0 Å². The summed E-state index contributed by atoms with van der Waals surface area (Å²) in [5, 5.41) is 2.45. The monoisotopic (exact) mass is 1280 g/mol. The summed E-state index contributed by atoms with van der Waals surface area (Å²) in [7, 11) is 0. The van der Waals surface area contributed by atoms with E-state index in [2.05, 4.69) is 345 Å². The number of para-hydroxylation sites is 2. The topological polar surface area (TPSA) is 31.4 Å². The lowest BCUT2D eigenvalue weighted by Crippen LogP contribution is -2.62. The van der Waals surface area contributed by atoms with E-state index in [1.54, 1.807) is 0 Å². The number of benzene rings is 11. The van der Waals surface area contributed by atoms with E-state index in [-0.39, 0.29) is 35.1 Å². The van der Waals surface area contributed by atoms with Crippen LogP contribution < -0.4 is 60.5 Å². The number of hydrogen-bond donors (Lipinski definition) is 0. The Bertz CT molecular complexity index is 4940. The molecule has 470 valence electrons. The lowest BCUT2D eigenvalue weighted by atomic mass is 9.33. The summed E-state index contributed by atoms with van der Waals surface area (Å²) < 4.78 is 20.6. The van der Waals surface area contributed by atoms with Crippen LogP contribution in [0.1, 0.15) is 105 Å². The fourth-order valence-corrected chi connectivity index (χ4v) is 17.8. The van der Waals surface area contributed by atoms with Gasteiger partial charge in [-0.3, -0.25) is 0 Å². The lowest BCUT2D eigenvalue weighted by molar-refractivity contribution is 0.466. The van der Waals surface area contributed by atoms with Crippen LogP contribution in [0.2, 0.25) is 0 Å². The molecule has 6 heterocycles. The maximum absolute atomic E-state index is 7.76. The Morgan fingerprint density at radius 2 is 0.688 bits per heavy atom. The van der Waals surface area contributed by atoms with Crippen molar-refractivity contribution in [3.8, 4) is 23.0 Å². The molecule has 0 unspecified atom stereocenters. The summed E-state index contributed by atoms with van der Waals surface area (Å²) in [6, 6.07) is 90.7. The van der Waals surface area contributed by atoms with Crippen molar-refractivity contribution in [3.05, 3.63) is 265 Å². The van der Waals surface area contributed by atoms with Crippen LogP contribution in [0.25, 0.3) is 20.2 Å². The molecule has 0 radical (unpaired) electrons. The Morgan fingerprint density at radius 1 is 0.312 bits per heavy atom. The van der Waals surface area contributed by atoms with E-state index < -0.39 is 0 Å². The fourth-order valence-electron chi connectivity index (χ4n) is 15.1. The van der Waals surface area contributed by atoms with Gasteiger partial charge in [0.15, 0.2) is 0 Å². The molecule has 11 aromatic carbocycles. The maximum Gasteiger partial charge on any atom is 0.268 e. The van der Waals surface area contributed by atoms with Crippen LogP contribution in [-0.2, 0) is 21.7 Å². The van der Waals surface area contributed by atoms with Crippen molar-refractivity contribution in [3.63, 3.8) is 0 Å². The summed E-state index contributed by atoms with van der Waals surface area (Å²) in [5.74, 6) is 3.22. The molecular formula is C86H76B2N4O2S2. The van der Waals surface area contributed by atoms with Gasteiger partial charge in [0, 0.05) is 93.4 Å². The van der Waals surface area contributed by atoms with E-state index >= 15 is 0 Å². The highest BCUT2D eigenvalue weighted by atomic mass is 32.1. The third-order valence-corrected chi connectivity index (χ3v) is 22.6. The molecule has 2 aromatic heterocycles. The van der Waals surface area contributed by atoms with Crippen molar-refractivity contribution in [1.82, 2.24) is 0 Å². The molecule has 0 amide bonds. The molecule has 6 nitrogen and oxygen atoms in total. The first-order valence-electron chi connectivity index (χ1n) is 33.8. The molecule has 13 aromatic rings. The van der Waals surface area contributed by atoms with Crippen LogP contribution in [0.3, 0.4) is 0 Å². The molecule has 0 saturated carbocycles. The number of fused-ring (bicyclic) bond motifs is 12. The Labute approximate surface area is 573 Å². The van der Waals surface area contributed by atoms with E-state index in [0.29, 0.717) is 0 Å². The predicted molar refractivity (Wildman–Crippen MR) is 413 cm³/mol. The van der Waals surface area contributed by atoms with Gasteiger partial charge in [-0.05, 0) is 163 Å². The quantitative estimate of drug-likeness (QED) is 0.141. The zero-order chi connectivity index (χ0) is 65.9. The first-order chi connectivity index (χ1) is 46.1. The average molecular weight is 1280 g/mol. The van der Waals surface area contributed by atoms with Gasteiger partial charge < -0.3 is 29.1 Å². The predicted octanol–water partition coefficient (Wildman–Crippen LogP) is 21.1. The SMILES string of the molecule is CC(C)(C)c1ccc(N(c2cccc(C(C)(C)C)c2)c2cc3c4c(c2)N(c2ccccc2)c2c(sc5ccccc25)B4c2cc4c(cc2O3)Oc2cc(N(c3ccc(C(C)(C)C)cc3)c3cccc(C(C)(C)C)c3)cc3c2B4c2sc4ccccc4c2N3c2ccccc2)cc1. The van der Waals surface area contributed by atoms with Gasteiger partial charge in [-0.25, -0.2) is 0 Å². The van der Waals surface area contributed by atoms with Gasteiger partial charge in [0.05, 0.1) is 22.7 Å². The summed E-state index contributed by atoms with van der Waals surface area (Å²) in [6.07, 6.45) is 0. The molecule has 0 spiro atoms. The van der Waals surface area contributed by atoms with Crippen LogP contribution >= 0.6 is 22.7 Å². The van der Waals surface area contributed by atoms with Gasteiger partial charge in [0.1, 0.15) is 23.0 Å². The Kier molecular flexibility index (Phi) is 13.7. The fraction of sp³-hybridized carbons (Fsp3) is 0.186. The molecule has 96 heavy (non-hydrogen) atoms. The normalized spacial score (nSPS) is 13.7. The van der Waals surface area contributed by atoms with Gasteiger partial charge in [0.25, 0.3) is 13.4 Å². The maximum atomic E-state index is 7.76. The number of hydrogen-bond acceptors (Lipinski definition) is 8. The van der Waals surface area contributed by atoms with Crippen molar-refractivity contribution < 1.29 is 9.47 Å². The van der Waals surface area contributed by atoms with Crippen LogP contribution in [0.4, 0.5) is 68.2 Å². The number of ether oxygens (including phenoxy) is 2. The Balaban J connectivity index is 0.922. The first-order valence-corrected chi connectivity index (χ1v) is 35.4. The zero-order valence-corrected chi connectivity index (χ0v) is 58.3. The van der Waals surface area contributed by atoms with Crippen molar-refractivity contribution in [2.75, 3.05) is 19.6 Å². The second-order valence-corrected chi connectivity index (χ2v) is 32.7. The van der Waals surface area contributed by atoms with E-state index in [9.17, 15) is 0 Å². The summed E-state index contributed by atoms with van der Waals surface area (Å²) >= 11 is 3.81. The summed E-state index contributed by atoms with van der Waals surface area (Å²) in [6.45, 7) is 27.1. The average Bonchev–Trinajstić information content (AvgIpc) is 1.19. The van der Waals surface area contributed by atoms with E-state index in [0.717, 1.165) is 102 Å². The molecule has 4 aliphatic heterocycles. The van der Waals surface area contributed by atoms with Crippen LogP contribution in [0, 0.1) is 0 Å². The number of anilines is 12. The molecule has 0 bridgehead atoms. The first kappa shape index (κ1) is 60.0. The molecule has 0 N–H and O–H groups in total. The molecule has 0 aliphatic carbocycles. The number of thiophene rings is 2. The molecule has 0 saturated heterocycles. The van der Waals surface area contributed by atoms with Gasteiger partial charge in [0.2, 0.25) is 0 Å².